The molecule has 1 aromatic carbocycles. The molecule has 0 fully saturated rings. The van der Waals surface area contributed by atoms with Gasteiger partial charge in [0.25, 0.3) is 0 Å². The topological polar surface area (TPSA) is 138 Å². The first-order chi connectivity index (χ1) is 9.79. The van der Waals surface area contributed by atoms with Gasteiger partial charge in [0, 0.05) is 0 Å². The van der Waals surface area contributed by atoms with Crippen LogP contribution in [0.5, 0.6) is 0 Å². The summed E-state index contributed by atoms with van der Waals surface area (Å²) in [5.74, 6) is -5.91. The molecule has 0 bridgehead atoms. The number of carbonyl (C=O) groups is 4. The molecule has 110 valence electrons. The minimum absolute atomic E-state index is 0.207. The zero-order valence-corrected chi connectivity index (χ0v) is 10.5. The Hall–Kier alpha value is -3.16. The van der Waals surface area contributed by atoms with Crippen LogP contribution in [-0.2, 0) is 4.74 Å². The molecule has 0 heterocycles. The van der Waals surface area contributed by atoms with Crippen LogP contribution in [0.25, 0.3) is 0 Å². The lowest BCUT2D eigenvalue weighted by Gasteiger charge is -2.09. The van der Waals surface area contributed by atoms with Crippen molar-refractivity contribution in [3.8, 4) is 0 Å². The van der Waals surface area contributed by atoms with Gasteiger partial charge in [0.15, 0.2) is 0 Å². The van der Waals surface area contributed by atoms with Crippen molar-refractivity contribution in [3.63, 3.8) is 0 Å². The molecule has 1 rings (SSSR count). The molecular formula is C13H10O8. The maximum absolute atomic E-state index is 11.7. The smallest absolute Gasteiger partial charge is 0.339 e. The standard InChI is InChI=1S/C13H10O8/c1-2-3-21-13(20)9-5-7(11(16)17)6(10(14)15)4-8(9)12(18)19/h2,4-5H,1,3H2,(H,14,15)(H,16,17)(H,18,19). The summed E-state index contributed by atoms with van der Waals surface area (Å²) in [6.07, 6.45) is 1.24. The van der Waals surface area contributed by atoms with Gasteiger partial charge in [-0.15, -0.1) is 0 Å². The zero-order valence-electron chi connectivity index (χ0n) is 10.5. The molecule has 8 heteroatoms. The average Bonchev–Trinajstić information content (AvgIpc) is 2.42. The van der Waals surface area contributed by atoms with E-state index in [-0.39, 0.29) is 6.61 Å². The summed E-state index contributed by atoms with van der Waals surface area (Å²) < 4.78 is 4.64. The molecule has 0 unspecified atom stereocenters. The van der Waals surface area contributed by atoms with Crippen molar-refractivity contribution in [2.24, 2.45) is 0 Å². The molecule has 0 amide bonds. The quantitative estimate of drug-likeness (QED) is 0.524. The van der Waals surface area contributed by atoms with Crippen molar-refractivity contribution in [1.82, 2.24) is 0 Å². The van der Waals surface area contributed by atoms with Gasteiger partial charge in [0.05, 0.1) is 22.3 Å². The van der Waals surface area contributed by atoms with Gasteiger partial charge in [-0.05, 0) is 12.1 Å². The molecule has 1 aromatic rings. The van der Waals surface area contributed by atoms with Gasteiger partial charge in [-0.2, -0.15) is 0 Å². The molecule has 0 radical (unpaired) electrons. The average molecular weight is 294 g/mol. The number of rotatable bonds is 6. The molecule has 8 nitrogen and oxygen atoms in total. The van der Waals surface area contributed by atoms with Gasteiger partial charge >= 0.3 is 23.9 Å². The molecule has 0 spiro atoms. The lowest BCUT2D eigenvalue weighted by molar-refractivity contribution is 0.0535. The van der Waals surface area contributed by atoms with Crippen molar-refractivity contribution in [2.45, 2.75) is 0 Å². The molecule has 0 aromatic heterocycles. The second kappa shape index (κ2) is 6.33. The Balaban J connectivity index is 3.54. The molecule has 0 atom stereocenters. The highest BCUT2D eigenvalue weighted by molar-refractivity contribution is 6.09. The first-order valence-electron chi connectivity index (χ1n) is 5.45. The highest BCUT2D eigenvalue weighted by atomic mass is 16.5. The van der Waals surface area contributed by atoms with Crippen LogP contribution in [0.3, 0.4) is 0 Å². The molecule has 0 aliphatic heterocycles. The SMILES string of the molecule is C=CCOC(=O)c1cc(C(=O)O)c(C(=O)O)cc1C(=O)O. The number of carbonyl (C=O) groups excluding carboxylic acids is 1. The van der Waals surface area contributed by atoms with E-state index in [0.717, 1.165) is 0 Å². The van der Waals surface area contributed by atoms with E-state index in [1.165, 1.54) is 6.08 Å². The van der Waals surface area contributed by atoms with E-state index in [4.69, 9.17) is 15.3 Å². The van der Waals surface area contributed by atoms with Gasteiger partial charge in [-0.1, -0.05) is 12.7 Å². The fraction of sp³-hybridized carbons (Fsp3) is 0.0769. The summed E-state index contributed by atoms with van der Waals surface area (Å²) in [4.78, 5) is 44.8. The number of hydrogen-bond acceptors (Lipinski definition) is 5. The number of esters is 1. The third kappa shape index (κ3) is 3.44. The van der Waals surface area contributed by atoms with E-state index in [9.17, 15) is 19.2 Å². The summed E-state index contributed by atoms with van der Waals surface area (Å²) in [5.41, 5.74) is -2.66. The van der Waals surface area contributed by atoms with Crippen molar-refractivity contribution >= 4 is 23.9 Å². The van der Waals surface area contributed by atoms with Gasteiger partial charge in [0.2, 0.25) is 0 Å². The summed E-state index contributed by atoms with van der Waals surface area (Å²) in [6.45, 7) is 3.09. The van der Waals surface area contributed by atoms with Crippen LogP contribution in [0, 0.1) is 0 Å². The van der Waals surface area contributed by atoms with Crippen molar-refractivity contribution < 1.29 is 39.2 Å². The first kappa shape index (κ1) is 15.9. The molecule has 0 aliphatic carbocycles. The highest BCUT2D eigenvalue weighted by Gasteiger charge is 2.25. The minimum Gasteiger partial charge on any atom is -0.478 e. The maximum atomic E-state index is 11.7. The summed E-state index contributed by atoms with van der Waals surface area (Å²) >= 11 is 0. The zero-order chi connectivity index (χ0) is 16.2. The summed E-state index contributed by atoms with van der Waals surface area (Å²) in [5, 5.41) is 26.9. The number of carboxylic acids is 3. The van der Waals surface area contributed by atoms with Gasteiger partial charge in [-0.3, -0.25) is 0 Å². The predicted molar refractivity (Wildman–Crippen MR) is 67.8 cm³/mol. The van der Waals surface area contributed by atoms with E-state index in [0.29, 0.717) is 12.1 Å². The third-order valence-corrected chi connectivity index (χ3v) is 2.40. The maximum Gasteiger partial charge on any atom is 0.339 e. The Labute approximate surface area is 117 Å². The van der Waals surface area contributed by atoms with Crippen LogP contribution in [0.4, 0.5) is 0 Å². The minimum atomic E-state index is -1.62. The molecular weight excluding hydrogens is 284 g/mol. The van der Waals surface area contributed by atoms with Crippen LogP contribution in [0.15, 0.2) is 24.8 Å². The van der Waals surface area contributed by atoms with E-state index < -0.39 is 46.1 Å². The second-order valence-electron chi connectivity index (χ2n) is 3.75. The van der Waals surface area contributed by atoms with Gasteiger partial charge in [-0.25, -0.2) is 19.2 Å². The van der Waals surface area contributed by atoms with E-state index in [1.54, 1.807) is 0 Å². The predicted octanol–water partition coefficient (Wildman–Crippen LogP) is 1.12. The lowest BCUT2D eigenvalue weighted by Crippen LogP contribution is -2.17. The van der Waals surface area contributed by atoms with E-state index in [2.05, 4.69) is 11.3 Å². The van der Waals surface area contributed by atoms with Crippen molar-refractivity contribution in [2.75, 3.05) is 6.61 Å². The highest BCUT2D eigenvalue weighted by Crippen LogP contribution is 2.19. The fourth-order valence-electron chi connectivity index (χ4n) is 1.51. The largest absolute Gasteiger partial charge is 0.478 e. The molecule has 0 saturated heterocycles. The van der Waals surface area contributed by atoms with E-state index in [1.807, 2.05) is 0 Å². The van der Waals surface area contributed by atoms with Crippen LogP contribution in [-0.4, -0.2) is 45.8 Å². The van der Waals surface area contributed by atoms with Gasteiger partial charge < -0.3 is 20.1 Å². The van der Waals surface area contributed by atoms with Crippen LogP contribution >= 0.6 is 0 Å². The number of hydrogen-bond donors (Lipinski definition) is 3. The number of ether oxygens (including phenoxy) is 1. The Morgan fingerprint density at radius 1 is 0.905 bits per heavy atom. The second-order valence-corrected chi connectivity index (χ2v) is 3.75. The van der Waals surface area contributed by atoms with Crippen molar-refractivity contribution in [3.05, 3.63) is 47.0 Å². The normalized spacial score (nSPS) is 9.71. The number of benzene rings is 1. The van der Waals surface area contributed by atoms with E-state index >= 15 is 0 Å². The van der Waals surface area contributed by atoms with Crippen LogP contribution in [0.1, 0.15) is 41.4 Å². The van der Waals surface area contributed by atoms with Crippen LogP contribution in [0.2, 0.25) is 0 Å². The number of carboxylic acid groups (broad SMARTS) is 3. The third-order valence-electron chi connectivity index (χ3n) is 2.40. The molecule has 0 aliphatic rings. The Kier molecular flexibility index (Phi) is 4.79. The fourth-order valence-corrected chi connectivity index (χ4v) is 1.51. The Morgan fingerprint density at radius 2 is 1.29 bits per heavy atom. The molecule has 3 N–H and O–H groups in total. The monoisotopic (exact) mass is 294 g/mol. The number of aromatic carboxylic acids is 3. The van der Waals surface area contributed by atoms with Crippen molar-refractivity contribution in [1.29, 1.82) is 0 Å². The lowest BCUT2D eigenvalue weighted by atomic mass is 9.98. The Bertz CT molecular complexity index is 644. The Morgan fingerprint density at radius 3 is 1.67 bits per heavy atom. The van der Waals surface area contributed by atoms with Crippen LogP contribution < -0.4 is 0 Å². The summed E-state index contributed by atoms with van der Waals surface area (Å²) in [6, 6.07) is 1.28. The first-order valence-corrected chi connectivity index (χ1v) is 5.45. The molecule has 21 heavy (non-hydrogen) atoms. The molecule has 0 saturated carbocycles. The summed E-state index contributed by atoms with van der Waals surface area (Å²) in [7, 11) is 0. The van der Waals surface area contributed by atoms with Gasteiger partial charge in [0.1, 0.15) is 6.61 Å².